The van der Waals surface area contributed by atoms with Crippen molar-refractivity contribution in [3.8, 4) is 5.75 Å². The lowest BCUT2D eigenvalue weighted by Crippen LogP contribution is -2.50. The molecule has 50 heavy (non-hydrogen) atoms. The van der Waals surface area contributed by atoms with Crippen LogP contribution in [0.5, 0.6) is 5.75 Å². The fourth-order valence-corrected chi connectivity index (χ4v) is 11.3. The Balaban J connectivity index is 1.10. The summed E-state index contributed by atoms with van der Waals surface area (Å²) in [5.41, 5.74) is 4.85. The van der Waals surface area contributed by atoms with E-state index in [1.165, 1.54) is 5.56 Å². The van der Waals surface area contributed by atoms with Crippen molar-refractivity contribution < 1.29 is 45.7 Å². The molecule has 2 amide bonds. The number of carbonyl (C=O) groups is 2. The van der Waals surface area contributed by atoms with Crippen LogP contribution in [0.25, 0.3) is 0 Å². The van der Waals surface area contributed by atoms with Crippen molar-refractivity contribution in [2.75, 3.05) is 31.1 Å². The number of hydrogen-bond donors (Lipinski definition) is 2. The second-order valence-electron chi connectivity index (χ2n) is 15.5. The number of benzene rings is 1. The van der Waals surface area contributed by atoms with E-state index in [0.717, 1.165) is 69.9 Å². The molecule has 2 N–H and O–H groups in total. The number of halogens is 5. The molecule has 1 aromatic carbocycles. The largest absolute Gasteiger partial charge is 0.453 e. The second-order valence-corrected chi connectivity index (χ2v) is 17.2. The molecule has 0 radical (unpaired) electrons. The molecule has 7 atom stereocenters. The molecule has 0 bridgehead atoms. The van der Waals surface area contributed by atoms with E-state index in [2.05, 4.69) is 18.5 Å². The van der Waals surface area contributed by atoms with E-state index in [1.807, 2.05) is 17.0 Å². The lowest BCUT2D eigenvalue weighted by Gasteiger charge is -2.53. The van der Waals surface area contributed by atoms with Crippen LogP contribution in [-0.4, -0.2) is 86.5 Å². The zero-order valence-corrected chi connectivity index (χ0v) is 29.5. The number of alkyl halides is 5. The standard InChI is InChI=1S/C36H50F5N3O5S/c1-34-15-11-28-27-8-7-26(49-33(46)43-17-12-25(13-18-43)44-16-2-6-31(44)45)22-24(27)21-23(32(28)29(34)9-10-30(34)42-47)5-3-19-50(48)20-4-14-35(37,38)36(39,40)41/h7-8,22-23,25,28-30,32,42,47H,2-6,9-21H2,1H3/t23-,28-,29+,30?,32-,34+,50?/m1/s1. The average molecular weight is 732 g/mol. The average Bonchev–Trinajstić information content (AvgIpc) is 3.66. The van der Waals surface area contributed by atoms with Crippen LogP contribution >= 0.6 is 0 Å². The number of ether oxygens (including phenoxy) is 1. The number of amides is 2. The number of rotatable bonds is 11. The van der Waals surface area contributed by atoms with E-state index in [9.17, 15) is 41.0 Å². The van der Waals surface area contributed by atoms with Crippen LogP contribution in [0.4, 0.5) is 26.7 Å². The Morgan fingerprint density at radius 3 is 2.48 bits per heavy atom. The topological polar surface area (TPSA) is 99.2 Å². The van der Waals surface area contributed by atoms with Gasteiger partial charge in [0, 0.05) is 66.9 Å². The van der Waals surface area contributed by atoms with Crippen molar-refractivity contribution in [1.82, 2.24) is 15.3 Å². The van der Waals surface area contributed by atoms with Crippen LogP contribution in [0.1, 0.15) is 101 Å². The van der Waals surface area contributed by atoms with Gasteiger partial charge in [-0.15, -0.1) is 0 Å². The minimum Gasteiger partial charge on any atom is -0.410 e. The van der Waals surface area contributed by atoms with Gasteiger partial charge < -0.3 is 19.7 Å². The lowest BCUT2D eigenvalue weighted by atomic mass is 9.52. The molecule has 2 heterocycles. The molecule has 2 saturated heterocycles. The summed E-state index contributed by atoms with van der Waals surface area (Å²) < 4.78 is 82.8. The first kappa shape index (κ1) is 37.4. The van der Waals surface area contributed by atoms with Crippen LogP contribution in [0.15, 0.2) is 18.2 Å². The number of hydroxylamine groups is 1. The number of fused-ring (bicyclic) bond motifs is 5. The highest BCUT2D eigenvalue weighted by Gasteiger charge is 2.57. The Labute approximate surface area is 293 Å². The molecule has 2 unspecified atom stereocenters. The Hall–Kier alpha value is -2.32. The third kappa shape index (κ3) is 7.58. The van der Waals surface area contributed by atoms with Gasteiger partial charge in [0.05, 0.1) is 0 Å². The molecule has 6 rings (SSSR count). The van der Waals surface area contributed by atoms with E-state index in [0.29, 0.717) is 43.5 Å². The minimum absolute atomic E-state index is 0.000483. The number of piperidine rings is 1. The molecule has 2 saturated carbocycles. The molecule has 0 aromatic heterocycles. The maximum absolute atomic E-state index is 13.3. The van der Waals surface area contributed by atoms with Gasteiger partial charge in [0.15, 0.2) is 0 Å². The molecule has 14 heteroatoms. The van der Waals surface area contributed by atoms with E-state index in [1.54, 1.807) is 4.90 Å². The number of hydrogen-bond acceptors (Lipinski definition) is 6. The van der Waals surface area contributed by atoms with Crippen LogP contribution in [0.2, 0.25) is 0 Å². The molecule has 5 aliphatic rings. The zero-order chi connectivity index (χ0) is 35.8. The summed E-state index contributed by atoms with van der Waals surface area (Å²) in [7, 11) is -1.50. The van der Waals surface area contributed by atoms with Gasteiger partial charge in [-0.25, -0.2) is 10.3 Å². The summed E-state index contributed by atoms with van der Waals surface area (Å²) in [4.78, 5) is 29.0. The first-order valence-electron chi connectivity index (χ1n) is 18.3. The van der Waals surface area contributed by atoms with Crippen molar-refractivity contribution in [1.29, 1.82) is 0 Å². The lowest BCUT2D eigenvalue weighted by molar-refractivity contribution is -0.284. The summed E-state index contributed by atoms with van der Waals surface area (Å²) >= 11 is 0. The molecule has 0 spiro atoms. The van der Waals surface area contributed by atoms with E-state index >= 15 is 0 Å². The zero-order valence-electron chi connectivity index (χ0n) is 28.7. The van der Waals surface area contributed by atoms with Crippen molar-refractivity contribution in [2.24, 2.45) is 23.2 Å². The Morgan fingerprint density at radius 1 is 1.06 bits per heavy atom. The molecule has 8 nitrogen and oxygen atoms in total. The summed E-state index contributed by atoms with van der Waals surface area (Å²) in [5.74, 6) is -2.92. The predicted molar refractivity (Wildman–Crippen MR) is 178 cm³/mol. The SMILES string of the molecule is C[C@]12CC[C@@H]3c4ccc(OC(=O)N5CCC(N6CCCC6=O)CC5)cc4C[C@@H](CCCS(=O)CCCC(F)(F)C(F)(F)F)[C@H]3[C@@H]1CCC2NO. The number of nitrogens with zero attached hydrogens (tertiary/aromatic N) is 2. The molecule has 4 fully saturated rings. The normalized spacial score (nSPS) is 30.9. The van der Waals surface area contributed by atoms with Crippen LogP contribution < -0.4 is 10.2 Å². The maximum atomic E-state index is 13.3. The van der Waals surface area contributed by atoms with E-state index in [-0.39, 0.29) is 46.7 Å². The predicted octanol–water partition coefficient (Wildman–Crippen LogP) is 7.21. The highest BCUT2D eigenvalue weighted by atomic mass is 32.2. The van der Waals surface area contributed by atoms with E-state index < -0.39 is 41.8 Å². The molecule has 3 aliphatic carbocycles. The quantitative estimate of drug-likeness (QED) is 0.185. The third-order valence-corrected chi connectivity index (χ3v) is 14.2. The van der Waals surface area contributed by atoms with Crippen LogP contribution in [0, 0.1) is 23.2 Å². The van der Waals surface area contributed by atoms with Crippen molar-refractivity contribution in [3.05, 3.63) is 29.3 Å². The molecule has 280 valence electrons. The van der Waals surface area contributed by atoms with Gasteiger partial charge >= 0.3 is 18.2 Å². The van der Waals surface area contributed by atoms with Crippen molar-refractivity contribution in [2.45, 2.75) is 120 Å². The Kier molecular flexibility index (Phi) is 11.2. The number of likely N-dealkylation sites (tertiary alicyclic amines) is 2. The van der Waals surface area contributed by atoms with Crippen LogP contribution in [0.3, 0.4) is 0 Å². The minimum atomic E-state index is -5.60. The number of carbonyl (C=O) groups excluding carboxylic acids is 2. The Morgan fingerprint density at radius 2 is 1.80 bits per heavy atom. The fraction of sp³-hybridized carbons (Fsp3) is 0.778. The first-order valence-corrected chi connectivity index (χ1v) is 19.8. The molecular weight excluding hydrogens is 681 g/mol. The van der Waals surface area contributed by atoms with E-state index in [4.69, 9.17) is 4.74 Å². The molecule has 1 aromatic rings. The summed E-state index contributed by atoms with van der Waals surface area (Å²) in [5, 5.41) is 9.97. The molecule has 2 aliphatic heterocycles. The summed E-state index contributed by atoms with van der Waals surface area (Å²) in [6.07, 6.45) is 0.853. The number of nitrogens with one attached hydrogen (secondary N) is 1. The van der Waals surface area contributed by atoms with Gasteiger partial charge in [-0.1, -0.05) is 13.0 Å². The highest BCUT2D eigenvalue weighted by molar-refractivity contribution is 7.84. The van der Waals surface area contributed by atoms with Crippen molar-refractivity contribution >= 4 is 22.8 Å². The van der Waals surface area contributed by atoms with Gasteiger partial charge in [-0.05, 0) is 123 Å². The highest BCUT2D eigenvalue weighted by Crippen LogP contribution is 2.62. The first-order chi connectivity index (χ1) is 23.7. The Bertz CT molecular complexity index is 1420. The monoisotopic (exact) mass is 731 g/mol. The second kappa shape index (κ2) is 15.0. The fourth-order valence-electron chi connectivity index (χ4n) is 10.1. The van der Waals surface area contributed by atoms with Gasteiger partial charge in [0.2, 0.25) is 5.91 Å². The smallest absolute Gasteiger partial charge is 0.410 e. The summed E-state index contributed by atoms with van der Waals surface area (Å²) in [6, 6.07) is 6.09. The van der Waals surface area contributed by atoms with Crippen LogP contribution in [-0.2, 0) is 22.0 Å². The van der Waals surface area contributed by atoms with Gasteiger partial charge in [-0.3, -0.25) is 9.00 Å². The summed E-state index contributed by atoms with van der Waals surface area (Å²) in [6.45, 7) is 4.09. The van der Waals surface area contributed by atoms with Gasteiger partial charge in [0.1, 0.15) is 5.75 Å². The third-order valence-electron chi connectivity index (χ3n) is 12.7. The van der Waals surface area contributed by atoms with Gasteiger partial charge in [0.25, 0.3) is 0 Å². The van der Waals surface area contributed by atoms with Crippen molar-refractivity contribution in [3.63, 3.8) is 0 Å². The maximum Gasteiger partial charge on any atom is 0.453 e. The van der Waals surface area contributed by atoms with Gasteiger partial charge in [-0.2, -0.15) is 22.0 Å². The molecular formula is C36H50F5N3O5S.